The van der Waals surface area contributed by atoms with Gasteiger partial charge in [0.2, 0.25) is 0 Å². The van der Waals surface area contributed by atoms with Crippen molar-refractivity contribution in [3.8, 4) is 5.75 Å². The van der Waals surface area contributed by atoms with Crippen LogP contribution in [0, 0.1) is 0 Å². The summed E-state index contributed by atoms with van der Waals surface area (Å²) in [6.45, 7) is 3.47. The molecule has 5 rings (SSSR count). The molecule has 0 amide bonds. The molecule has 0 atom stereocenters. The zero-order chi connectivity index (χ0) is 17.5. The molecular formula is C20H18N4O2. The first-order valence-corrected chi connectivity index (χ1v) is 8.71. The van der Waals surface area contributed by atoms with E-state index in [2.05, 4.69) is 19.8 Å². The Morgan fingerprint density at radius 1 is 0.846 bits per heavy atom. The summed E-state index contributed by atoms with van der Waals surface area (Å²) < 4.78 is 6.05. The van der Waals surface area contributed by atoms with Crippen molar-refractivity contribution in [2.24, 2.45) is 0 Å². The van der Waals surface area contributed by atoms with E-state index in [4.69, 9.17) is 4.42 Å². The fourth-order valence-corrected chi connectivity index (χ4v) is 3.58. The second kappa shape index (κ2) is 5.91. The van der Waals surface area contributed by atoms with E-state index in [0.717, 1.165) is 59.8 Å². The lowest BCUT2D eigenvalue weighted by molar-refractivity contribution is 0.475. The number of furan rings is 1. The molecule has 3 heterocycles. The minimum absolute atomic E-state index is 0.292. The topological polar surface area (TPSA) is 65.6 Å². The van der Waals surface area contributed by atoms with Crippen molar-refractivity contribution in [3.05, 3.63) is 54.9 Å². The highest BCUT2D eigenvalue weighted by atomic mass is 16.3. The van der Waals surface area contributed by atoms with Crippen LogP contribution in [0.2, 0.25) is 0 Å². The predicted molar refractivity (Wildman–Crippen MR) is 102 cm³/mol. The van der Waals surface area contributed by atoms with Crippen molar-refractivity contribution in [3.63, 3.8) is 0 Å². The van der Waals surface area contributed by atoms with Gasteiger partial charge in [-0.3, -0.25) is 0 Å². The van der Waals surface area contributed by atoms with E-state index in [-0.39, 0.29) is 0 Å². The summed E-state index contributed by atoms with van der Waals surface area (Å²) in [7, 11) is 0. The molecule has 2 aromatic carbocycles. The number of phenols is 1. The molecule has 1 saturated heterocycles. The van der Waals surface area contributed by atoms with Gasteiger partial charge in [0.1, 0.15) is 23.2 Å². The highest BCUT2D eigenvalue weighted by Gasteiger charge is 2.22. The molecule has 0 unspecified atom stereocenters. The normalized spacial score (nSPS) is 15.1. The average Bonchev–Trinajstić information content (AvgIpc) is 3.08. The van der Waals surface area contributed by atoms with Gasteiger partial charge < -0.3 is 19.3 Å². The van der Waals surface area contributed by atoms with Crippen LogP contribution >= 0.6 is 0 Å². The van der Waals surface area contributed by atoms with Crippen molar-refractivity contribution in [1.82, 2.24) is 9.97 Å². The first-order valence-electron chi connectivity index (χ1n) is 8.71. The lowest BCUT2D eigenvalue weighted by Crippen LogP contribution is -2.46. The third kappa shape index (κ3) is 2.42. The van der Waals surface area contributed by atoms with Crippen molar-refractivity contribution in [2.75, 3.05) is 36.0 Å². The van der Waals surface area contributed by atoms with Crippen LogP contribution in [-0.2, 0) is 0 Å². The van der Waals surface area contributed by atoms with Crippen LogP contribution in [0.25, 0.3) is 22.1 Å². The molecule has 0 spiro atoms. The van der Waals surface area contributed by atoms with Gasteiger partial charge in [-0.05, 0) is 36.4 Å². The Hall–Kier alpha value is -3.28. The van der Waals surface area contributed by atoms with Crippen LogP contribution in [0.1, 0.15) is 0 Å². The molecule has 1 aliphatic rings. The number of anilines is 2. The van der Waals surface area contributed by atoms with Crippen LogP contribution < -0.4 is 9.80 Å². The van der Waals surface area contributed by atoms with Crippen LogP contribution in [0.15, 0.2) is 59.3 Å². The lowest BCUT2D eigenvalue weighted by atomic mass is 10.2. The molecule has 0 bridgehead atoms. The number of para-hydroxylation sites is 1. The second-order valence-electron chi connectivity index (χ2n) is 6.46. The van der Waals surface area contributed by atoms with Gasteiger partial charge in [0, 0.05) is 37.3 Å². The molecule has 4 aromatic rings. The number of nitrogens with zero attached hydrogens (tertiary/aromatic N) is 4. The molecule has 0 radical (unpaired) electrons. The molecule has 6 heteroatoms. The van der Waals surface area contributed by atoms with Gasteiger partial charge in [0.25, 0.3) is 0 Å². The maximum absolute atomic E-state index is 9.45. The zero-order valence-corrected chi connectivity index (χ0v) is 14.2. The molecule has 26 heavy (non-hydrogen) atoms. The molecule has 6 nitrogen and oxygen atoms in total. The molecular weight excluding hydrogens is 328 g/mol. The fourth-order valence-electron chi connectivity index (χ4n) is 3.58. The first kappa shape index (κ1) is 15.0. The van der Waals surface area contributed by atoms with Gasteiger partial charge in [0.15, 0.2) is 11.4 Å². The highest BCUT2D eigenvalue weighted by Crippen LogP contribution is 2.32. The van der Waals surface area contributed by atoms with E-state index >= 15 is 0 Å². The maximum atomic E-state index is 9.45. The fraction of sp³-hybridized carbons (Fsp3) is 0.200. The molecule has 0 aliphatic carbocycles. The van der Waals surface area contributed by atoms with Gasteiger partial charge >= 0.3 is 0 Å². The van der Waals surface area contributed by atoms with E-state index in [1.165, 1.54) is 0 Å². The SMILES string of the molecule is Oc1ccc(N2CCN(c3ncnc4c3oc3ccccc34)CC2)cc1. The minimum Gasteiger partial charge on any atom is -0.508 e. The average molecular weight is 346 g/mol. The zero-order valence-electron chi connectivity index (χ0n) is 14.2. The Bertz CT molecular complexity index is 1070. The van der Waals surface area contributed by atoms with Crippen molar-refractivity contribution in [1.29, 1.82) is 0 Å². The number of aromatic nitrogens is 2. The Labute approximate surface area is 150 Å². The predicted octanol–water partition coefficient (Wildman–Crippen LogP) is 3.41. The number of rotatable bonds is 2. The van der Waals surface area contributed by atoms with Crippen LogP contribution in [-0.4, -0.2) is 41.3 Å². The smallest absolute Gasteiger partial charge is 0.196 e. The van der Waals surface area contributed by atoms with Crippen LogP contribution in [0.5, 0.6) is 5.75 Å². The standard InChI is InChI=1S/C20H18N4O2/c25-15-7-5-14(6-8-15)23-9-11-24(12-10-23)20-19-18(21-13-22-20)16-3-1-2-4-17(16)26-19/h1-8,13,25H,9-12H2. The number of piperazine rings is 1. The molecule has 1 aliphatic heterocycles. The van der Waals surface area contributed by atoms with Gasteiger partial charge in [-0.1, -0.05) is 12.1 Å². The number of hydrogen-bond acceptors (Lipinski definition) is 6. The first-order chi connectivity index (χ1) is 12.8. The highest BCUT2D eigenvalue weighted by molar-refractivity contribution is 6.05. The van der Waals surface area contributed by atoms with Crippen molar-refractivity contribution in [2.45, 2.75) is 0 Å². The van der Waals surface area contributed by atoms with Crippen molar-refractivity contribution < 1.29 is 9.52 Å². The summed E-state index contributed by atoms with van der Waals surface area (Å²) in [4.78, 5) is 13.5. The number of hydrogen-bond donors (Lipinski definition) is 1. The quantitative estimate of drug-likeness (QED) is 0.600. The summed E-state index contributed by atoms with van der Waals surface area (Å²) in [5, 5.41) is 10.5. The van der Waals surface area contributed by atoms with Crippen LogP contribution in [0.3, 0.4) is 0 Å². The summed E-state index contributed by atoms with van der Waals surface area (Å²) in [6, 6.07) is 15.3. The largest absolute Gasteiger partial charge is 0.508 e. The third-order valence-electron chi connectivity index (χ3n) is 4.93. The third-order valence-corrected chi connectivity index (χ3v) is 4.93. The monoisotopic (exact) mass is 346 g/mol. The van der Waals surface area contributed by atoms with Crippen molar-refractivity contribution >= 4 is 33.6 Å². The Morgan fingerprint density at radius 3 is 2.38 bits per heavy atom. The molecule has 1 N–H and O–H groups in total. The minimum atomic E-state index is 0.292. The Kier molecular flexibility index (Phi) is 3.41. The summed E-state index contributed by atoms with van der Waals surface area (Å²) in [5.41, 5.74) is 3.59. The van der Waals surface area contributed by atoms with Gasteiger partial charge in [-0.2, -0.15) is 0 Å². The van der Waals surface area contributed by atoms with Gasteiger partial charge in [-0.25, -0.2) is 9.97 Å². The lowest BCUT2D eigenvalue weighted by Gasteiger charge is -2.36. The van der Waals surface area contributed by atoms with Gasteiger partial charge in [-0.15, -0.1) is 0 Å². The summed E-state index contributed by atoms with van der Waals surface area (Å²) in [5.74, 6) is 1.15. The van der Waals surface area contributed by atoms with Crippen LogP contribution in [0.4, 0.5) is 11.5 Å². The Balaban J connectivity index is 1.44. The second-order valence-corrected chi connectivity index (χ2v) is 6.46. The number of benzene rings is 2. The Morgan fingerprint density at radius 2 is 1.58 bits per heavy atom. The molecule has 1 fully saturated rings. The summed E-state index contributed by atoms with van der Waals surface area (Å²) in [6.07, 6.45) is 1.62. The maximum Gasteiger partial charge on any atom is 0.196 e. The van der Waals surface area contributed by atoms with E-state index in [0.29, 0.717) is 5.75 Å². The van der Waals surface area contributed by atoms with E-state index in [9.17, 15) is 5.11 Å². The van der Waals surface area contributed by atoms with E-state index < -0.39 is 0 Å². The number of phenolic OH excluding ortho intramolecular Hbond substituents is 1. The molecule has 130 valence electrons. The van der Waals surface area contributed by atoms with E-state index in [1.807, 2.05) is 36.4 Å². The molecule has 2 aromatic heterocycles. The van der Waals surface area contributed by atoms with E-state index in [1.54, 1.807) is 18.5 Å². The number of fused-ring (bicyclic) bond motifs is 3. The number of aromatic hydroxyl groups is 1. The molecule has 0 saturated carbocycles. The summed E-state index contributed by atoms with van der Waals surface area (Å²) >= 11 is 0. The van der Waals surface area contributed by atoms with Gasteiger partial charge in [0.05, 0.1) is 0 Å².